The Balaban J connectivity index is 1.66. The number of rotatable bonds is 7. The maximum atomic E-state index is 12.7. The molecule has 1 aromatic carbocycles. The van der Waals surface area contributed by atoms with E-state index >= 15 is 0 Å². The van der Waals surface area contributed by atoms with Crippen LogP contribution in [-0.4, -0.2) is 49.5 Å². The number of hydrogen-bond donors (Lipinski definition) is 1. The van der Waals surface area contributed by atoms with Crippen LogP contribution in [-0.2, 0) is 4.79 Å². The van der Waals surface area contributed by atoms with Crippen LogP contribution in [0.2, 0.25) is 0 Å². The third-order valence-corrected chi connectivity index (χ3v) is 6.40. The summed E-state index contributed by atoms with van der Waals surface area (Å²) in [6, 6.07) is 5.71. The average Bonchev–Trinajstić information content (AvgIpc) is 2.68. The zero-order chi connectivity index (χ0) is 18.5. The molecule has 0 bridgehead atoms. The molecule has 0 aliphatic carbocycles. The summed E-state index contributed by atoms with van der Waals surface area (Å²) in [5.41, 5.74) is 2.55. The summed E-state index contributed by atoms with van der Waals surface area (Å²) in [6.07, 6.45) is 5.31. The van der Waals surface area contributed by atoms with Crippen molar-refractivity contribution in [2.24, 2.45) is 0 Å². The van der Waals surface area contributed by atoms with Gasteiger partial charge in [-0.3, -0.25) is 9.59 Å². The molecule has 2 aliphatic heterocycles. The molecule has 0 saturated carbocycles. The minimum atomic E-state index is -0.0603. The average molecular weight is 376 g/mol. The smallest absolute Gasteiger partial charge is 0.251 e. The topological polar surface area (TPSA) is 52.7 Å². The SMILES string of the molecule is CCCSCCCNC(=O)c1ccc2c(c1)N(C)C(=O)C1CCCCN21. The molecular weight excluding hydrogens is 346 g/mol. The minimum absolute atomic E-state index is 0.0402. The highest BCUT2D eigenvalue weighted by Crippen LogP contribution is 2.39. The second kappa shape index (κ2) is 8.80. The van der Waals surface area contributed by atoms with Crippen molar-refractivity contribution >= 4 is 35.0 Å². The number of hydrogen-bond acceptors (Lipinski definition) is 4. The maximum Gasteiger partial charge on any atom is 0.251 e. The first-order chi connectivity index (χ1) is 12.6. The van der Waals surface area contributed by atoms with Crippen LogP contribution in [0.4, 0.5) is 11.4 Å². The monoisotopic (exact) mass is 375 g/mol. The summed E-state index contributed by atoms with van der Waals surface area (Å²) in [5.74, 6) is 2.33. The predicted molar refractivity (Wildman–Crippen MR) is 109 cm³/mol. The minimum Gasteiger partial charge on any atom is -0.358 e. The van der Waals surface area contributed by atoms with Gasteiger partial charge in [0, 0.05) is 25.7 Å². The standard InChI is InChI=1S/C20H29N3O2S/c1-3-12-26-13-6-10-21-19(24)15-8-9-16-18(14-15)22(2)20(25)17-7-4-5-11-23(16)17/h8-9,14,17H,3-7,10-13H2,1-2H3,(H,21,24). The van der Waals surface area contributed by atoms with E-state index in [2.05, 4.69) is 17.1 Å². The summed E-state index contributed by atoms with van der Waals surface area (Å²) in [5, 5.41) is 3.00. The summed E-state index contributed by atoms with van der Waals surface area (Å²) < 4.78 is 0. The molecule has 2 amide bonds. The number of likely N-dealkylation sites (N-methyl/N-ethyl adjacent to an activating group) is 1. The number of nitrogens with one attached hydrogen (secondary N) is 1. The molecule has 1 atom stereocenters. The number of thioether (sulfide) groups is 1. The molecule has 3 rings (SSSR count). The van der Waals surface area contributed by atoms with E-state index in [0.29, 0.717) is 12.1 Å². The first-order valence-electron chi connectivity index (χ1n) is 9.67. The van der Waals surface area contributed by atoms with Crippen LogP contribution >= 0.6 is 11.8 Å². The highest BCUT2D eigenvalue weighted by Gasteiger charge is 2.37. The Morgan fingerprint density at radius 3 is 2.92 bits per heavy atom. The molecule has 1 saturated heterocycles. The molecule has 1 fully saturated rings. The molecule has 6 heteroatoms. The normalized spacial score (nSPS) is 19.2. The van der Waals surface area contributed by atoms with Crippen LogP contribution in [0.5, 0.6) is 0 Å². The Labute approximate surface area is 160 Å². The maximum absolute atomic E-state index is 12.7. The third kappa shape index (κ3) is 4.00. The molecular formula is C20H29N3O2S. The van der Waals surface area contributed by atoms with Crippen molar-refractivity contribution in [3.8, 4) is 0 Å². The Kier molecular flexibility index (Phi) is 6.46. The van der Waals surface area contributed by atoms with E-state index in [9.17, 15) is 9.59 Å². The zero-order valence-electron chi connectivity index (χ0n) is 15.8. The van der Waals surface area contributed by atoms with Gasteiger partial charge in [-0.25, -0.2) is 0 Å². The lowest BCUT2D eigenvalue weighted by atomic mass is 9.96. The second-order valence-electron chi connectivity index (χ2n) is 7.03. The van der Waals surface area contributed by atoms with Crippen LogP contribution in [0.1, 0.15) is 49.4 Å². The molecule has 0 radical (unpaired) electrons. The van der Waals surface area contributed by atoms with E-state index in [1.54, 1.807) is 4.90 Å². The number of carbonyl (C=O) groups excluding carboxylic acids is 2. The lowest BCUT2D eigenvalue weighted by molar-refractivity contribution is -0.120. The van der Waals surface area contributed by atoms with Crippen molar-refractivity contribution in [3.63, 3.8) is 0 Å². The van der Waals surface area contributed by atoms with Crippen molar-refractivity contribution in [1.29, 1.82) is 0 Å². The van der Waals surface area contributed by atoms with Gasteiger partial charge < -0.3 is 15.1 Å². The van der Waals surface area contributed by atoms with Crippen LogP contribution < -0.4 is 15.1 Å². The summed E-state index contributed by atoms with van der Waals surface area (Å²) in [4.78, 5) is 29.1. The van der Waals surface area contributed by atoms with Gasteiger partial charge in [-0.1, -0.05) is 6.92 Å². The lowest BCUT2D eigenvalue weighted by Gasteiger charge is -2.44. The Hall–Kier alpha value is -1.69. The van der Waals surface area contributed by atoms with Crippen LogP contribution in [0.3, 0.4) is 0 Å². The van der Waals surface area contributed by atoms with E-state index in [-0.39, 0.29) is 17.9 Å². The number of amides is 2. The van der Waals surface area contributed by atoms with Crippen molar-refractivity contribution in [2.45, 2.75) is 45.1 Å². The third-order valence-electron chi connectivity index (χ3n) is 5.13. The quantitative estimate of drug-likeness (QED) is 0.743. The molecule has 2 aliphatic rings. The Morgan fingerprint density at radius 1 is 1.27 bits per heavy atom. The van der Waals surface area contributed by atoms with Gasteiger partial charge in [0.25, 0.3) is 5.91 Å². The Morgan fingerprint density at radius 2 is 2.12 bits per heavy atom. The van der Waals surface area contributed by atoms with E-state index in [1.165, 1.54) is 12.2 Å². The first-order valence-corrected chi connectivity index (χ1v) is 10.8. The molecule has 1 aromatic rings. The van der Waals surface area contributed by atoms with Crippen molar-refractivity contribution < 1.29 is 9.59 Å². The molecule has 2 heterocycles. The van der Waals surface area contributed by atoms with Crippen molar-refractivity contribution in [3.05, 3.63) is 23.8 Å². The first kappa shape index (κ1) is 19.1. The van der Waals surface area contributed by atoms with E-state index in [4.69, 9.17) is 0 Å². The second-order valence-corrected chi connectivity index (χ2v) is 8.25. The zero-order valence-corrected chi connectivity index (χ0v) is 16.6. The van der Waals surface area contributed by atoms with Gasteiger partial charge in [0.1, 0.15) is 6.04 Å². The number of anilines is 2. The lowest BCUT2D eigenvalue weighted by Crippen LogP contribution is -2.54. The van der Waals surface area contributed by atoms with Gasteiger partial charge in [0.15, 0.2) is 0 Å². The van der Waals surface area contributed by atoms with E-state index < -0.39 is 0 Å². The van der Waals surface area contributed by atoms with E-state index in [1.807, 2.05) is 37.0 Å². The van der Waals surface area contributed by atoms with Crippen molar-refractivity contribution in [1.82, 2.24) is 5.32 Å². The van der Waals surface area contributed by atoms with Crippen LogP contribution in [0.15, 0.2) is 18.2 Å². The molecule has 1 N–H and O–H groups in total. The predicted octanol–water partition coefficient (Wildman–Crippen LogP) is 3.29. The van der Waals surface area contributed by atoms with Gasteiger partial charge in [-0.15, -0.1) is 0 Å². The molecule has 26 heavy (non-hydrogen) atoms. The molecule has 0 spiro atoms. The van der Waals surface area contributed by atoms with Gasteiger partial charge in [-0.05, 0) is 61.8 Å². The largest absolute Gasteiger partial charge is 0.358 e. The highest BCUT2D eigenvalue weighted by atomic mass is 32.2. The van der Waals surface area contributed by atoms with Gasteiger partial charge >= 0.3 is 0 Å². The molecule has 0 aromatic heterocycles. The molecule has 5 nitrogen and oxygen atoms in total. The van der Waals surface area contributed by atoms with Crippen LogP contribution in [0.25, 0.3) is 0 Å². The van der Waals surface area contributed by atoms with Crippen LogP contribution in [0, 0.1) is 0 Å². The van der Waals surface area contributed by atoms with E-state index in [0.717, 1.165) is 49.4 Å². The summed E-state index contributed by atoms with van der Waals surface area (Å²) in [6.45, 7) is 3.78. The van der Waals surface area contributed by atoms with Gasteiger partial charge in [0.05, 0.1) is 11.4 Å². The number of benzene rings is 1. The molecule has 1 unspecified atom stereocenters. The molecule has 142 valence electrons. The Bertz CT molecular complexity index is 664. The number of fused-ring (bicyclic) bond motifs is 3. The fourth-order valence-corrected chi connectivity index (χ4v) is 4.56. The highest BCUT2D eigenvalue weighted by molar-refractivity contribution is 7.99. The fraction of sp³-hybridized carbons (Fsp3) is 0.600. The summed E-state index contributed by atoms with van der Waals surface area (Å²) >= 11 is 1.93. The van der Waals surface area contributed by atoms with Gasteiger partial charge in [-0.2, -0.15) is 11.8 Å². The summed E-state index contributed by atoms with van der Waals surface area (Å²) in [7, 11) is 1.82. The number of carbonyl (C=O) groups is 2. The fourth-order valence-electron chi connectivity index (χ4n) is 3.72. The van der Waals surface area contributed by atoms with Crippen molar-refractivity contribution in [2.75, 3.05) is 41.4 Å². The number of piperidine rings is 1. The van der Waals surface area contributed by atoms with Gasteiger partial charge in [0.2, 0.25) is 5.91 Å². The number of nitrogens with zero attached hydrogens (tertiary/aromatic N) is 2.